The van der Waals surface area contributed by atoms with E-state index in [1.807, 2.05) is 0 Å². The molecule has 0 unspecified atom stereocenters. The van der Waals surface area contributed by atoms with Crippen molar-refractivity contribution in [3.05, 3.63) is 47.9 Å². The maximum atomic E-state index is 2.27. The summed E-state index contributed by atoms with van der Waals surface area (Å²) in [7, 11) is 4.17. The minimum absolute atomic E-state index is 1.01. The molecule has 2 nitrogen and oxygen atoms in total. The first-order chi connectivity index (χ1) is 6.75. The summed E-state index contributed by atoms with van der Waals surface area (Å²) in [5, 5.41) is 0. The lowest BCUT2D eigenvalue weighted by Gasteiger charge is -2.21. The van der Waals surface area contributed by atoms with Gasteiger partial charge < -0.3 is 9.80 Å². The summed E-state index contributed by atoms with van der Waals surface area (Å²) >= 11 is 0. The van der Waals surface area contributed by atoms with Crippen molar-refractivity contribution >= 4 is 0 Å². The van der Waals surface area contributed by atoms with Gasteiger partial charge in [-0.2, -0.15) is 0 Å². The fourth-order valence-electron chi connectivity index (χ4n) is 1.59. The highest BCUT2D eigenvalue weighted by atomic mass is 15.1. The normalized spacial score (nSPS) is 21.0. The molecule has 0 fully saturated rings. The maximum Gasteiger partial charge on any atom is 0.0359 e. The predicted molar refractivity (Wildman–Crippen MR) is 59.7 cm³/mol. The SMILES string of the molecule is CN1C=CC(C2=CCN(C)C=C2)=CC1. The summed E-state index contributed by atoms with van der Waals surface area (Å²) in [6.45, 7) is 2.01. The van der Waals surface area contributed by atoms with E-state index in [-0.39, 0.29) is 0 Å². The highest BCUT2D eigenvalue weighted by Crippen LogP contribution is 2.19. The van der Waals surface area contributed by atoms with E-state index in [0.717, 1.165) is 13.1 Å². The highest BCUT2D eigenvalue weighted by Gasteiger charge is 2.06. The van der Waals surface area contributed by atoms with Gasteiger partial charge in [0.2, 0.25) is 0 Å². The van der Waals surface area contributed by atoms with Crippen LogP contribution in [0.3, 0.4) is 0 Å². The van der Waals surface area contributed by atoms with Crippen molar-refractivity contribution in [2.75, 3.05) is 27.2 Å². The third-order valence-electron chi connectivity index (χ3n) is 2.55. The van der Waals surface area contributed by atoms with Gasteiger partial charge in [0.1, 0.15) is 0 Å². The van der Waals surface area contributed by atoms with Crippen LogP contribution in [0.15, 0.2) is 47.9 Å². The molecule has 0 bridgehead atoms. The van der Waals surface area contributed by atoms with Crippen LogP contribution in [0.1, 0.15) is 0 Å². The van der Waals surface area contributed by atoms with Crippen molar-refractivity contribution in [1.82, 2.24) is 9.80 Å². The summed E-state index contributed by atoms with van der Waals surface area (Å²) in [6.07, 6.45) is 13.1. The molecule has 2 aliphatic heterocycles. The Kier molecular flexibility index (Phi) is 2.44. The van der Waals surface area contributed by atoms with Gasteiger partial charge in [0.25, 0.3) is 0 Å². The summed E-state index contributed by atoms with van der Waals surface area (Å²) in [4.78, 5) is 4.34. The molecule has 0 saturated carbocycles. The molecule has 0 aromatic carbocycles. The number of hydrogen-bond acceptors (Lipinski definition) is 2. The van der Waals surface area contributed by atoms with Crippen LogP contribution in [0.2, 0.25) is 0 Å². The summed E-state index contributed by atoms with van der Waals surface area (Å²) in [6, 6.07) is 0. The summed E-state index contributed by atoms with van der Waals surface area (Å²) < 4.78 is 0. The first kappa shape index (κ1) is 9.13. The minimum Gasteiger partial charge on any atom is -0.377 e. The summed E-state index contributed by atoms with van der Waals surface area (Å²) in [5.41, 5.74) is 2.68. The second kappa shape index (κ2) is 3.74. The molecule has 2 heteroatoms. The maximum absolute atomic E-state index is 2.27. The average molecular weight is 188 g/mol. The van der Waals surface area contributed by atoms with Crippen molar-refractivity contribution in [1.29, 1.82) is 0 Å². The van der Waals surface area contributed by atoms with Crippen LogP contribution in [0.25, 0.3) is 0 Å². The second-order valence-corrected chi connectivity index (χ2v) is 3.83. The molecular weight excluding hydrogens is 172 g/mol. The van der Waals surface area contributed by atoms with E-state index in [1.54, 1.807) is 0 Å². The molecule has 0 aromatic rings. The standard InChI is InChI=1S/C12H16N2/c1-13-7-3-11(4-8-13)12-5-9-14(2)10-6-12/h3-7,9H,8,10H2,1-2H3. The van der Waals surface area contributed by atoms with Gasteiger partial charge >= 0.3 is 0 Å². The van der Waals surface area contributed by atoms with Gasteiger partial charge in [0, 0.05) is 27.2 Å². The molecule has 0 saturated heterocycles. The molecule has 14 heavy (non-hydrogen) atoms. The number of likely N-dealkylation sites (N-methyl/N-ethyl adjacent to an activating group) is 2. The van der Waals surface area contributed by atoms with Gasteiger partial charge in [0.15, 0.2) is 0 Å². The van der Waals surface area contributed by atoms with E-state index in [4.69, 9.17) is 0 Å². The van der Waals surface area contributed by atoms with Gasteiger partial charge in [-0.3, -0.25) is 0 Å². The Morgan fingerprint density at radius 1 is 0.857 bits per heavy atom. The molecule has 0 aliphatic carbocycles. The molecule has 0 amide bonds. The topological polar surface area (TPSA) is 6.48 Å². The van der Waals surface area contributed by atoms with E-state index in [2.05, 4.69) is 60.6 Å². The number of allylic oxidation sites excluding steroid dienone is 4. The van der Waals surface area contributed by atoms with Crippen molar-refractivity contribution in [3.63, 3.8) is 0 Å². The molecule has 0 atom stereocenters. The Balaban J connectivity index is 2.11. The Hall–Kier alpha value is -1.44. The van der Waals surface area contributed by atoms with Crippen LogP contribution < -0.4 is 0 Å². The zero-order valence-electron chi connectivity index (χ0n) is 8.77. The number of nitrogens with zero attached hydrogens (tertiary/aromatic N) is 2. The molecule has 0 aromatic heterocycles. The van der Waals surface area contributed by atoms with Gasteiger partial charge in [-0.25, -0.2) is 0 Å². The lowest BCUT2D eigenvalue weighted by atomic mass is 10.0. The zero-order chi connectivity index (χ0) is 9.97. The van der Waals surface area contributed by atoms with Crippen LogP contribution in [0.5, 0.6) is 0 Å². The zero-order valence-corrected chi connectivity index (χ0v) is 8.77. The van der Waals surface area contributed by atoms with Crippen LogP contribution >= 0.6 is 0 Å². The van der Waals surface area contributed by atoms with E-state index in [9.17, 15) is 0 Å². The molecule has 2 rings (SSSR count). The molecule has 2 aliphatic rings. The molecule has 0 radical (unpaired) electrons. The lowest BCUT2D eigenvalue weighted by Crippen LogP contribution is -2.16. The van der Waals surface area contributed by atoms with E-state index < -0.39 is 0 Å². The fraction of sp³-hybridized carbons (Fsp3) is 0.333. The lowest BCUT2D eigenvalue weighted by molar-refractivity contribution is 0.498. The van der Waals surface area contributed by atoms with Crippen molar-refractivity contribution in [2.45, 2.75) is 0 Å². The fourth-order valence-corrected chi connectivity index (χ4v) is 1.59. The van der Waals surface area contributed by atoms with Gasteiger partial charge in [-0.05, 0) is 35.7 Å². The second-order valence-electron chi connectivity index (χ2n) is 3.83. The first-order valence-electron chi connectivity index (χ1n) is 4.93. The van der Waals surface area contributed by atoms with Crippen LogP contribution in [0, 0.1) is 0 Å². The molecule has 0 spiro atoms. The minimum atomic E-state index is 1.01. The van der Waals surface area contributed by atoms with Crippen molar-refractivity contribution in [3.8, 4) is 0 Å². The van der Waals surface area contributed by atoms with Gasteiger partial charge in [-0.15, -0.1) is 0 Å². The van der Waals surface area contributed by atoms with Crippen LogP contribution in [0.4, 0.5) is 0 Å². The Morgan fingerprint density at radius 2 is 1.29 bits per heavy atom. The first-order valence-corrected chi connectivity index (χ1v) is 4.93. The summed E-state index contributed by atoms with van der Waals surface area (Å²) in [5.74, 6) is 0. The molecule has 2 heterocycles. The Bertz CT molecular complexity index is 300. The molecule has 0 N–H and O–H groups in total. The number of hydrogen-bond donors (Lipinski definition) is 0. The van der Waals surface area contributed by atoms with Gasteiger partial charge in [0.05, 0.1) is 0 Å². The van der Waals surface area contributed by atoms with E-state index in [1.165, 1.54) is 11.1 Å². The van der Waals surface area contributed by atoms with Crippen LogP contribution in [-0.4, -0.2) is 37.0 Å². The quantitative estimate of drug-likeness (QED) is 0.618. The monoisotopic (exact) mass is 188 g/mol. The highest BCUT2D eigenvalue weighted by molar-refractivity contribution is 5.48. The van der Waals surface area contributed by atoms with Crippen molar-refractivity contribution < 1.29 is 0 Å². The van der Waals surface area contributed by atoms with E-state index in [0.29, 0.717) is 0 Å². The Labute approximate surface area is 85.5 Å². The van der Waals surface area contributed by atoms with Gasteiger partial charge in [-0.1, -0.05) is 12.2 Å². The predicted octanol–water partition coefficient (Wildman–Crippen LogP) is 1.76. The Morgan fingerprint density at radius 3 is 1.57 bits per heavy atom. The van der Waals surface area contributed by atoms with Crippen LogP contribution in [-0.2, 0) is 0 Å². The third kappa shape index (κ3) is 1.90. The third-order valence-corrected chi connectivity index (χ3v) is 2.55. The molecular formula is C12H16N2. The van der Waals surface area contributed by atoms with Crippen molar-refractivity contribution in [2.24, 2.45) is 0 Å². The van der Waals surface area contributed by atoms with E-state index >= 15 is 0 Å². The largest absolute Gasteiger partial charge is 0.377 e. The average Bonchev–Trinajstić information content (AvgIpc) is 2.21. The smallest absolute Gasteiger partial charge is 0.0359 e. The molecule has 74 valence electrons. The number of rotatable bonds is 1.